The first kappa shape index (κ1) is 11.5. The fourth-order valence-corrected chi connectivity index (χ4v) is 3.60. The number of rotatable bonds is 0. The largest absolute Gasteiger partial charge is 0.491 e. The first-order valence-electron chi connectivity index (χ1n) is 7.28. The molecule has 2 atom stereocenters. The zero-order valence-electron chi connectivity index (χ0n) is 11.5. The van der Waals surface area contributed by atoms with Gasteiger partial charge in [-0.1, -0.05) is 24.3 Å². The van der Waals surface area contributed by atoms with E-state index in [1.165, 1.54) is 16.7 Å². The minimum atomic E-state index is 0.293. The summed E-state index contributed by atoms with van der Waals surface area (Å²) in [6, 6.07) is 13.0. The summed E-state index contributed by atoms with van der Waals surface area (Å²) in [6.45, 7) is 1.88. The average Bonchev–Trinajstić information content (AvgIpc) is 2.99. The molecule has 21 heavy (non-hydrogen) atoms. The fraction of sp³-hybridized carbons (Fsp3) is 0.294. The van der Waals surface area contributed by atoms with Crippen molar-refractivity contribution in [3.05, 3.63) is 53.1 Å². The number of fused-ring (bicyclic) bond motifs is 6. The summed E-state index contributed by atoms with van der Waals surface area (Å²) >= 11 is 0. The molecule has 0 radical (unpaired) electrons. The van der Waals surface area contributed by atoms with Crippen LogP contribution in [0.2, 0.25) is 0 Å². The van der Waals surface area contributed by atoms with Gasteiger partial charge < -0.3 is 19.5 Å². The molecule has 0 saturated heterocycles. The van der Waals surface area contributed by atoms with Crippen LogP contribution >= 0.6 is 0 Å². The van der Waals surface area contributed by atoms with Gasteiger partial charge in [0.1, 0.15) is 12.4 Å². The number of ether oxygens (including phenoxy) is 3. The Morgan fingerprint density at radius 3 is 2.71 bits per heavy atom. The van der Waals surface area contributed by atoms with Crippen LogP contribution in [0, 0.1) is 0 Å². The smallest absolute Gasteiger partial charge is 0.231 e. The highest BCUT2D eigenvalue weighted by Gasteiger charge is 2.37. The van der Waals surface area contributed by atoms with Crippen LogP contribution in [0.25, 0.3) is 0 Å². The molecule has 5 rings (SSSR count). The molecule has 3 aliphatic rings. The lowest BCUT2D eigenvalue weighted by atomic mass is 9.78. The van der Waals surface area contributed by atoms with Gasteiger partial charge in [-0.3, -0.25) is 0 Å². The Morgan fingerprint density at radius 1 is 0.905 bits per heavy atom. The van der Waals surface area contributed by atoms with Crippen molar-refractivity contribution in [3.8, 4) is 17.2 Å². The maximum Gasteiger partial charge on any atom is 0.231 e. The molecule has 0 amide bonds. The van der Waals surface area contributed by atoms with Gasteiger partial charge in [-0.05, 0) is 17.2 Å². The van der Waals surface area contributed by atoms with E-state index in [9.17, 15) is 0 Å². The number of hydrogen-bond donors (Lipinski definition) is 1. The quantitative estimate of drug-likeness (QED) is 0.805. The van der Waals surface area contributed by atoms with Gasteiger partial charge in [0.2, 0.25) is 6.79 Å². The van der Waals surface area contributed by atoms with Crippen LogP contribution in [0.5, 0.6) is 17.2 Å². The highest BCUT2D eigenvalue weighted by atomic mass is 16.7. The molecule has 0 bridgehead atoms. The van der Waals surface area contributed by atoms with Gasteiger partial charge in [0.05, 0.1) is 6.04 Å². The summed E-state index contributed by atoms with van der Waals surface area (Å²) < 4.78 is 16.9. The van der Waals surface area contributed by atoms with Gasteiger partial charge in [-0.15, -0.1) is 0 Å². The van der Waals surface area contributed by atoms with Crippen molar-refractivity contribution >= 4 is 0 Å². The van der Waals surface area contributed by atoms with E-state index in [1.54, 1.807) is 0 Å². The van der Waals surface area contributed by atoms with Gasteiger partial charge >= 0.3 is 0 Å². The molecule has 3 aliphatic heterocycles. The van der Waals surface area contributed by atoms with Crippen molar-refractivity contribution in [1.29, 1.82) is 0 Å². The SMILES string of the molecule is c1ccc2c(c1)CN[C@@H]1COc3cc4c(cc3C21)OCO4. The van der Waals surface area contributed by atoms with Crippen molar-refractivity contribution in [2.24, 2.45) is 0 Å². The van der Waals surface area contributed by atoms with E-state index in [4.69, 9.17) is 14.2 Å². The Labute approximate surface area is 122 Å². The first-order valence-corrected chi connectivity index (χ1v) is 7.28. The lowest BCUT2D eigenvalue weighted by molar-refractivity contribution is 0.173. The van der Waals surface area contributed by atoms with Gasteiger partial charge in [0, 0.05) is 24.1 Å². The molecular weight excluding hydrogens is 266 g/mol. The van der Waals surface area contributed by atoms with E-state index in [0.717, 1.165) is 23.8 Å². The third kappa shape index (κ3) is 1.59. The van der Waals surface area contributed by atoms with E-state index in [-0.39, 0.29) is 0 Å². The Kier molecular flexibility index (Phi) is 2.26. The van der Waals surface area contributed by atoms with Gasteiger partial charge in [0.15, 0.2) is 11.5 Å². The van der Waals surface area contributed by atoms with E-state index < -0.39 is 0 Å². The molecule has 0 fully saturated rings. The second kappa shape index (κ2) is 4.15. The zero-order chi connectivity index (χ0) is 13.8. The molecule has 3 heterocycles. The molecular formula is C17H15NO3. The number of hydrogen-bond acceptors (Lipinski definition) is 4. The molecule has 106 valence electrons. The van der Waals surface area contributed by atoms with Crippen LogP contribution in [0.15, 0.2) is 36.4 Å². The molecule has 2 aromatic carbocycles. The van der Waals surface area contributed by atoms with Crippen LogP contribution in [-0.4, -0.2) is 19.4 Å². The molecule has 4 nitrogen and oxygen atoms in total. The fourth-order valence-electron chi connectivity index (χ4n) is 3.60. The minimum Gasteiger partial charge on any atom is -0.491 e. The molecule has 2 aromatic rings. The first-order chi connectivity index (χ1) is 10.4. The standard InChI is InChI=1S/C17H15NO3/c1-2-4-11-10(3-1)7-18-13-8-19-14-6-16-15(20-9-21-16)5-12(14)17(11)13/h1-6,13,17-18H,7-9H2/t13-,17?/m1/s1. The van der Waals surface area contributed by atoms with Gasteiger partial charge in [-0.2, -0.15) is 0 Å². The average molecular weight is 281 g/mol. The Hall–Kier alpha value is -2.20. The van der Waals surface area contributed by atoms with E-state index in [2.05, 4.69) is 35.6 Å². The van der Waals surface area contributed by atoms with E-state index in [1.807, 2.05) is 6.07 Å². The Morgan fingerprint density at radius 2 is 1.76 bits per heavy atom. The molecule has 0 aliphatic carbocycles. The van der Waals surface area contributed by atoms with Crippen molar-refractivity contribution < 1.29 is 14.2 Å². The summed E-state index contributed by atoms with van der Waals surface area (Å²) in [4.78, 5) is 0. The van der Waals surface area contributed by atoms with Crippen molar-refractivity contribution in [2.45, 2.75) is 18.5 Å². The van der Waals surface area contributed by atoms with Crippen LogP contribution < -0.4 is 19.5 Å². The van der Waals surface area contributed by atoms with E-state index in [0.29, 0.717) is 25.4 Å². The number of benzene rings is 2. The third-order valence-electron chi connectivity index (χ3n) is 4.61. The third-order valence-corrected chi connectivity index (χ3v) is 4.61. The predicted octanol–water partition coefficient (Wildman–Crippen LogP) is 2.41. The van der Waals surface area contributed by atoms with Crippen LogP contribution in [0.3, 0.4) is 0 Å². The maximum absolute atomic E-state index is 5.94. The second-order valence-electron chi connectivity index (χ2n) is 5.72. The summed E-state index contributed by atoms with van der Waals surface area (Å²) in [6.07, 6.45) is 0. The highest BCUT2D eigenvalue weighted by molar-refractivity contribution is 5.57. The summed E-state index contributed by atoms with van der Waals surface area (Å²) in [5.41, 5.74) is 3.95. The molecule has 4 heteroatoms. The number of nitrogens with one attached hydrogen (secondary N) is 1. The summed E-state index contributed by atoms with van der Waals surface area (Å²) in [7, 11) is 0. The van der Waals surface area contributed by atoms with Crippen molar-refractivity contribution in [3.63, 3.8) is 0 Å². The highest BCUT2D eigenvalue weighted by Crippen LogP contribution is 2.47. The van der Waals surface area contributed by atoms with Crippen molar-refractivity contribution in [1.82, 2.24) is 5.32 Å². The summed E-state index contributed by atoms with van der Waals surface area (Å²) in [5.74, 6) is 2.83. The normalized spacial score (nSPS) is 24.6. The second-order valence-corrected chi connectivity index (χ2v) is 5.72. The molecule has 0 saturated carbocycles. The van der Waals surface area contributed by atoms with Gasteiger partial charge in [0.25, 0.3) is 0 Å². The molecule has 1 unspecified atom stereocenters. The van der Waals surface area contributed by atoms with Crippen LogP contribution in [0.1, 0.15) is 22.6 Å². The lowest BCUT2D eigenvalue weighted by Crippen LogP contribution is -2.46. The molecule has 0 spiro atoms. The molecule has 0 aromatic heterocycles. The minimum absolute atomic E-state index is 0.293. The Bertz CT molecular complexity index is 728. The van der Waals surface area contributed by atoms with Crippen LogP contribution in [0.4, 0.5) is 0 Å². The van der Waals surface area contributed by atoms with Crippen LogP contribution in [-0.2, 0) is 6.54 Å². The van der Waals surface area contributed by atoms with Gasteiger partial charge in [-0.25, -0.2) is 0 Å². The monoisotopic (exact) mass is 281 g/mol. The zero-order valence-corrected chi connectivity index (χ0v) is 11.5. The lowest BCUT2D eigenvalue weighted by Gasteiger charge is -2.39. The predicted molar refractivity (Wildman–Crippen MR) is 77.0 cm³/mol. The Balaban J connectivity index is 1.71. The maximum atomic E-state index is 5.94. The topological polar surface area (TPSA) is 39.7 Å². The molecule has 1 N–H and O–H groups in total. The van der Waals surface area contributed by atoms with E-state index >= 15 is 0 Å². The summed E-state index contributed by atoms with van der Waals surface area (Å²) in [5, 5.41) is 3.59. The van der Waals surface area contributed by atoms with Crippen molar-refractivity contribution in [2.75, 3.05) is 13.4 Å².